The van der Waals surface area contributed by atoms with Crippen LogP contribution in [0.5, 0.6) is 0 Å². The number of carbonyl (C=O) groups excluding carboxylic acids is 1. The molecule has 1 N–H and O–H groups in total. The second kappa shape index (κ2) is 8.70. The Bertz CT molecular complexity index is 730. The zero-order valence-electron chi connectivity index (χ0n) is 16.0. The van der Waals surface area contributed by atoms with E-state index in [0.29, 0.717) is 25.0 Å². The van der Waals surface area contributed by atoms with Crippen LogP contribution in [0.2, 0.25) is 0 Å². The van der Waals surface area contributed by atoms with Gasteiger partial charge in [0.15, 0.2) is 0 Å². The van der Waals surface area contributed by atoms with Gasteiger partial charge in [0.1, 0.15) is 6.54 Å². The lowest BCUT2D eigenvalue weighted by Gasteiger charge is -2.29. The monoisotopic (exact) mass is 366 g/mol. The molecule has 0 spiro atoms. The molecule has 1 saturated carbocycles. The third kappa shape index (κ3) is 4.59. The molecule has 1 saturated heterocycles. The fraction of sp³-hybridized carbons (Fsp3) is 0.545. The highest BCUT2D eigenvalue weighted by Crippen LogP contribution is 2.26. The summed E-state index contributed by atoms with van der Waals surface area (Å²) in [6.45, 7) is 3.13. The molecule has 1 amide bonds. The minimum atomic E-state index is 0.183. The lowest BCUT2D eigenvalue weighted by atomic mass is 9.97. The van der Waals surface area contributed by atoms with E-state index in [9.17, 15) is 4.79 Å². The van der Waals surface area contributed by atoms with E-state index in [4.69, 9.17) is 5.10 Å². The van der Waals surface area contributed by atoms with Crippen molar-refractivity contribution < 1.29 is 4.79 Å². The first kappa shape index (κ1) is 18.2. The van der Waals surface area contributed by atoms with Crippen LogP contribution in [0.3, 0.4) is 0 Å². The number of hydrogen-bond acceptors (Lipinski definition) is 3. The molecule has 0 unspecified atom stereocenters. The lowest BCUT2D eigenvalue weighted by Crippen LogP contribution is -2.40. The van der Waals surface area contributed by atoms with Crippen LogP contribution in [0.15, 0.2) is 42.6 Å². The maximum absolute atomic E-state index is 13.1. The van der Waals surface area contributed by atoms with E-state index in [2.05, 4.69) is 28.4 Å². The van der Waals surface area contributed by atoms with Gasteiger partial charge in [-0.2, -0.15) is 5.10 Å². The van der Waals surface area contributed by atoms with Gasteiger partial charge in [0.25, 0.3) is 0 Å². The van der Waals surface area contributed by atoms with Gasteiger partial charge < -0.3 is 10.2 Å². The van der Waals surface area contributed by atoms with E-state index in [0.717, 1.165) is 31.6 Å². The van der Waals surface area contributed by atoms with Crippen molar-refractivity contribution in [2.75, 3.05) is 13.1 Å². The summed E-state index contributed by atoms with van der Waals surface area (Å²) < 4.78 is 1.83. The standard InChI is InChI=1S/C22H30N4O/c27-22(17-25-14-12-21(24-25)19-9-6-13-23-15-19)26(20-10-4-5-11-20)16-18-7-2-1-3-8-18/h1-3,7-8,12,14,19-20,23H,4-6,9-11,13,15-17H2/t19-/m0/s1. The number of benzene rings is 1. The van der Waals surface area contributed by atoms with Gasteiger partial charge in [-0.1, -0.05) is 43.2 Å². The number of nitrogens with zero attached hydrogens (tertiary/aromatic N) is 3. The maximum atomic E-state index is 13.1. The third-order valence-electron chi connectivity index (χ3n) is 5.96. The largest absolute Gasteiger partial charge is 0.334 e. The van der Waals surface area contributed by atoms with Crippen LogP contribution in [0.4, 0.5) is 0 Å². The van der Waals surface area contributed by atoms with Crippen molar-refractivity contribution in [2.24, 2.45) is 0 Å². The Morgan fingerprint density at radius 1 is 1.11 bits per heavy atom. The molecule has 27 heavy (non-hydrogen) atoms. The first-order chi connectivity index (χ1) is 13.3. The average molecular weight is 367 g/mol. The highest BCUT2D eigenvalue weighted by atomic mass is 16.2. The molecule has 1 aliphatic heterocycles. The van der Waals surface area contributed by atoms with Crippen molar-refractivity contribution in [3.63, 3.8) is 0 Å². The summed E-state index contributed by atoms with van der Waals surface area (Å²) in [5, 5.41) is 8.16. The summed E-state index contributed by atoms with van der Waals surface area (Å²) in [5.74, 6) is 0.660. The van der Waals surface area contributed by atoms with Crippen molar-refractivity contribution in [1.29, 1.82) is 0 Å². The van der Waals surface area contributed by atoms with Crippen LogP contribution < -0.4 is 5.32 Å². The molecule has 2 aromatic rings. The number of piperidine rings is 1. The first-order valence-corrected chi connectivity index (χ1v) is 10.4. The second-order valence-electron chi connectivity index (χ2n) is 7.93. The normalized spacial score (nSPS) is 20.7. The number of hydrogen-bond donors (Lipinski definition) is 1. The van der Waals surface area contributed by atoms with E-state index in [-0.39, 0.29) is 5.91 Å². The second-order valence-corrected chi connectivity index (χ2v) is 7.93. The molecule has 2 aliphatic rings. The molecule has 5 heteroatoms. The van der Waals surface area contributed by atoms with Gasteiger partial charge in [-0.15, -0.1) is 0 Å². The minimum Gasteiger partial charge on any atom is -0.334 e. The van der Waals surface area contributed by atoms with E-state index in [1.54, 1.807) is 0 Å². The van der Waals surface area contributed by atoms with Crippen molar-refractivity contribution in [3.8, 4) is 0 Å². The van der Waals surface area contributed by atoms with Gasteiger partial charge in [-0.3, -0.25) is 9.48 Å². The predicted molar refractivity (Wildman–Crippen MR) is 106 cm³/mol. The molecule has 1 atom stereocenters. The van der Waals surface area contributed by atoms with E-state index in [1.807, 2.05) is 29.1 Å². The molecule has 5 nitrogen and oxygen atoms in total. The molecular weight excluding hydrogens is 336 g/mol. The van der Waals surface area contributed by atoms with Gasteiger partial charge in [0.05, 0.1) is 5.69 Å². The van der Waals surface area contributed by atoms with Crippen LogP contribution in [0.1, 0.15) is 55.7 Å². The van der Waals surface area contributed by atoms with Gasteiger partial charge in [0, 0.05) is 31.2 Å². The zero-order chi connectivity index (χ0) is 18.5. The summed E-state index contributed by atoms with van der Waals surface area (Å²) in [5.41, 5.74) is 2.32. The Morgan fingerprint density at radius 2 is 1.93 bits per heavy atom. The Morgan fingerprint density at radius 3 is 2.67 bits per heavy atom. The lowest BCUT2D eigenvalue weighted by molar-refractivity contribution is -0.135. The number of rotatable bonds is 6. The number of aromatic nitrogens is 2. The Labute approximate surface area is 161 Å². The Kier molecular flexibility index (Phi) is 5.87. The number of amides is 1. The fourth-order valence-electron chi connectivity index (χ4n) is 4.43. The third-order valence-corrected chi connectivity index (χ3v) is 5.96. The molecular formula is C22H30N4O. The maximum Gasteiger partial charge on any atom is 0.244 e. The SMILES string of the molecule is O=C(Cn1ccc([C@H]2CCCNC2)n1)N(Cc1ccccc1)C1CCCC1. The minimum absolute atomic E-state index is 0.183. The van der Waals surface area contributed by atoms with Crippen LogP contribution in [0, 0.1) is 0 Å². The molecule has 1 aliphatic carbocycles. The highest BCUT2D eigenvalue weighted by molar-refractivity contribution is 5.76. The zero-order valence-corrected chi connectivity index (χ0v) is 16.0. The van der Waals surface area contributed by atoms with Gasteiger partial charge in [-0.25, -0.2) is 0 Å². The first-order valence-electron chi connectivity index (χ1n) is 10.4. The Balaban J connectivity index is 1.44. The van der Waals surface area contributed by atoms with Crippen molar-refractivity contribution in [1.82, 2.24) is 20.0 Å². The number of nitrogens with one attached hydrogen (secondary N) is 1. The molecule has 1 aromatic carbocycles. The van der Waals surface area contributed by atoms with Crippen molar-refractivity contribution in [2.45, 2.75) is 63.6 Å². The molecule has 2 heterocycles. The summed E-state index contributed by atoms with van der Waals surface area (Å²) in [6, 6.07) is 12.8. The molecule has 2 fully saturated rings. The van der Waals surface area contributed by atoms with Crippen LogP contribution in [0.25, 0.3) is 0 Å². The molecule has 0 bridgehead atoms. The van der Waals surface area contributed by atoms with Gasteiger partial charge in [0.2, 0.25) is 5.91 Å². The van der Waals surface area contributed by atoms with Gasteiger partial charge >= 0.3 is 0 Å². The average Bonchev–Trinajstić information content (AvgIpc) is 3.40. The van der Waals surface area contributed by atoms with Gasteiger partial charge in [-0.05, 0) is 43.9 Å². The fourth-order valence-corrected chi connectivity index (χ4v) is 4.43. The molecule has 0 radical (unpaired) electrons. The summed E-state index contributed by atoms with van der Waals surface area (Å²) >= 11 is 0. The molecule has 1 aromatic heterocycles. The summed E-state index contributed by atoms with van der Waals surface area (Å²) in [4.78, 5) is 15.2. The highest BCUT2D eigenvalue weighted by Gasteiger charge is 2.27. The smallest absolute Gasteiger partial charge is 0.244 e. The van der Waals surface area contributed by atoms with E-state index in [1.165, 1.54) is 31.2 Å². The molecule has 144 valence electrons. The summed E-state index contributed by atoms with van der Waals surface area (Å²) in [7, 11) is 0. The predicted octanol–water partition coefficient (Wildman–Crippen LogP) is 3.32. The van der Waals surface area contributed by atoms with Crippen LogP contribution >= 0.6 is 0 Å². The van der Waals surface area contributed by atoms with Crippen molar-refractivity contribution in [3.05, 3.63) is 53.9 Å². The van der Waals surface area contributed by atoms with Crippen LogP contribution in [-0.2, 0) is 17.9 Å². The van der Waals surface area contributed by atoms with E-state index >= 15 is 0 Å². The Hall–Kier alpha value is -2.14. The topological polar surface area (TPSA) is 50.2 Å². The molecule has 4 rings (SSSR count). The number of carbonyl (C=O) groups is 1. The van der Waals surface area contributed by atoms with Crippen molar-refractivity contribution >= 4 is 5.91 Å². The quantitative estimate of drug-likeness (QED) is 0.853. The summed E-state index contributed by atoms with van der Waals surface area (Å²) in [6.07, 6.45) is 9.04. The van der Waals surface area contributed by atoms with Crippen LogP contribution in [-0.4, -0.2) is 39.7 Å². The van der Waals surface area contributed by atoms with E-state index < -0.39 is 0 Å².